The third-order valence-corrected chi connectivity index (χ3v) is 2.63. The highest BCUT2D eigenvalue weighted by atomic mass is 17.1. The smallest absolute Gasteiger partial charge is 0.343 e. The van der Waals surface area contributed by atoms with Crippen LogP contribution in [0, 0.1) is 0 Å². The zero-order chi connectivity index (χ0) is 12.3. The molecule has 88 valence electrons. The van der Waals surface area contributed by atoms with Crippen LogP contribution in [0.5, 0.6) is 0 Å². The van der Waals surface area contributed by atoms with E-state index in [1.165, 1.54) is 7.11 Å². The van der Waals surface area contributed by atoms with Crippen LogP contribution in [-0.4, -0.2) is 18.3 Å². The number of benzene rings is 2. The summed E-state index contributed by atoms with van der Waals surface area (Å²) in [6.45, 7) is 0. The lowest BCUT2D eigenvalue weighted by Crippen LogP contribution is -2.16. The van der Waals surface area contributed by atoms with Gasteiger partial charge in [0.15, 0.2) is 0 Å². The summed E-state index contributed by atoms with van der Waals surface area (Å²) in [7, 11) is 1.25. The number of carbonyl (C=O) groups is 1. The molecule has 0 aromatic heterocycles. The standard InChI is InChI=1S/C13H12O4/c1-16-13(14)12(17-15)11-8-4-6-9-5-2-3-7-10(9)11/h2-8,12,15H,1H3. The van der Waals surface area contributed by atoms with Crippen LogP contribution in [0.4, 0.5) is 0 Å². The summed E-state index contributed by atoms with van der Waals surface area (Å²) in [5.41, 5.74) is 0.581. The molecule has 0 bridgehead atoms. The minimum Gasteiger partial charge on any atom is -0.467 e. The fourth-order valence-electron chi connectivity index (χ4n) is 1.81. The van der Waals surface area contributed by atoms with Crippen molar-refractivity contribution in [3.05, 3.63) is 48.0 Å². The highest BCUT2D eigenvalue weighted by molar-refractivity contribution is 5.90. The molecule has 4 heteroatoms. The average Bonchev–Trinajstić information content (AvgIpc) is 2.39. The molecular formula is C13H12O4. The molecular weight excluding hydrogens is 220 g/mol. The first-order valence-corrected chi connectivity index (χ1v) is 5.13. The van der Waals surface area contributed by atoms with Gasteiger partial charge >= 0.3 is 5.97 Å². The van der Waals surface area contributed by atoms with Crippen LogP contribution in [0.1, 0.15) is 11.7 Å². The van der Waals surface area contributed by atoms with Crippen LogP contribution in [0.3, 0.4) is 0 Å². The molecule has 1 N–H and O–H groups in total. The van der Waals surface area contributed by atoms with Crippen molar-refractivity contribution in [3.8, 4) is 0 Å². The second kappa shape index (κ2) is 4.95. The Balaban J connectivity index is 2.57. The van der Waals surface area contributed by atoms with Gasteiger partial charge in [-0.25, -0.2) is 9.68 Å². The van der Waals surface area contributed by atoms with E-state index in [1.807, 2.05) is 30.3 Å². The molecule has 1 atom stereocenters. The Morgan fingerprint density at radius 3 is 2.59 bits per heavy atom. The minimum atomic E-state index is -1.12. The van der Waals surface area contributed by atoms with Gasteiger partial charge in [0, 0.05) is 5.56 Å². The van der Waals surface area contributed by atoms with Gasteiger partial charge in [0.05, 0.1) is 7.11 Å². The number of fused-ring (bicyclic) bond motifs is 1. The maximum Gasteiger partial charge on any atom is 0.343 e. The molecule has 0 fully saturated rings. The highest BCUT2D eigenvalue weighted by Crippen LogP contribution is 2.26. The number of methoxy groups -OCH3 is 1. The van der Waals surface area contributed by atoms with Crippen LogP contribution < -0.4 is 0 Å². The average molecular weight is 232 g/mol. The fourth-order valence-corrected chi connectivity index (χ4v) is 1.81. The summed E-state index contributed by atoms with van der Waals surface area (Å²) in [4.78, 5) is 15.7. The minimum absolute atomic E-state index is 0.581. The van der Waals surface area contributed by atoms with Crippen molar-refractivity contribution >= 4 is 16.7 Å². The highest BCUT2D eigenvalue weighted by Gasteiger charge is 2.24. The Kier molecular flexibility index (Phi) is 3.37. The molecule has 0 aliphatic heterocycles. The number of hydrogen-bond acceptors (Lipinski definition) is 4. The fraction of sp³-hybridized carbons (Fsp3) is 0.154. The maximum absolute atomic E-state index is 11.5. The molecule has 0 aliphatic rings. The first-order chi connectivity index (χ1) is 8.27. The van der Waals surface area contributed by atoms with Crippen molar-refractivity contribution in [2.24, 2.45) is 0 Å². The summed E-state index contributed by atoms with van der Waals surface area (Å²) in [5, 5.41) is 10.7. The summed E-state index contributed by atoms with van der Waals surface area (Å²) in [6, 6.07) is 13.0. The van der Waals surface area contributed by atoms with Gasteiger partial charge in [-0.3, -0.25) is 5.26 Å². The Morgan fingerprint density at radius 1 is 1.18 bits per heavy atom. The SMILES string of the molecule is COC(=O)C(OO)c1cccc2ccccc12. The van der Waals surface area contributed by atoms with E-state index in [0.717, 1.165) is 10.8 Å². The van der Waals surface area contributed by atoms with Crippen LogP contribution in [-0.2, 0) is 14.4 Å². The molecule has 0 radical (unpaired) electrons. The van der Waals surface area contributed by atoms with Crippen LogP contribution in [0.15, 0.2) is 42.5 Å². The van der Waals surface area contributed by atoms with E-state index in [0.29, 0.717) is 5.56 Å². The predicted molar refractivity (Wildman–Crippen MR) is 62.4 cm³/mol. The molecule has 17 heavy (non-hydrogen) atoms. The maximum atomic E-state index is 11.5. The second-order valence-corrected chi connectivity index (χ2v) is 3.58. The van der Waals surface area contributed by atoms with Gasteiger partial charge in [-0.2, -0.15) is 0 Å². The van der Waals surface area contributed by atoms with Gasteiger partial charge in [0.1, 0.15) is 0 Å². The Labute approximate surface area is 98.3 Å². The molecule has 0 heterocycles. The number of esters is 1. The Bertz CT molecular complexity index is 530. The molecule has 4 nitrogen and oxygen atoms in total. The third kappa shape index (κ3) is 2.13. The van der Waals surface area contributed by atoms with Crippen molar-refractivity contribution < 1.29 is 19.7 Å². The quantitative estimate of drug-likeness (QED) is 0.502. The van der Waals surface area contributed by atoms with Crippen molar-refractivity contribution in [2.45, 2.75) is 6.10 Å². The first kappa shape index (κ1) is 11.6. The summed E-state index contributed by atoms with van der Waals surface area (Å²) in [6.07, 6.45) is -1.12. The third-order valence-electron chi connectivity index (χ3n) is 2.63. The van der Waals surface area contributed by atoms with Gasteiger partial charge in [0.2, 0.25) is 6.10 Å². The summed E-state index contributed by atoms with van der Waals surface area (Å²) < 4.78 is 4.58. The zero-order valence-corrected chi connectivity index (χ0v) is 9.29. The van der Waals surface area contributed by atoms with E-state index in [-0.39, 0.29) is 0 Å². The Morgan fingerprint density at radius 2 is 1.88 bits per heavy atom. The normalized spacial score (nSPS) is 12.4. The van der Waals surface area contributed by atoms with Crippen molar-refractivity contribution in [3.63, 3.8) is 0 Å². The van der Waals surface area contributed by atoms with Crippen molar-refractivity contribution in [1.82, 2.24) is 0 Å². The monoisotopic (exact) mass is 232 g/mol. The van der Waals surface area contributed by atoms with Gasteiger partial charge in [0.25, 0.3) is 0 Å². The molecule has 0 spiro atoms. The number of hydrogen-bond donors (Lipinski definition) is 1. The van der Waals surface area contributed by atoms with E-state index < -0.39 is 12.1 Å². The lowest BCUT2D eigenvalue weighted by Gasteiger charge is -2.13. The number of ether oxygens (including phenoxy) is 1. The molecule has 2 rings (SSSR count). The van der Waals surface area contributed by atoms with Gasteiger partial charge in [-0.05, 0) is 10.8 Å². The molecule has 2 aromatic carbocycles. The number of rotatable bonds is 3. The number of carbonyl (C=O) groups excluding carboxylic acids is 1. The molecule has 0 aliphatic carbocycles. The van der Waals surface area contributed by atoms with E-state index in [1.54, 1.807) is 12.1 Å². The van der Waals surface area contributed by atoms with Crippen LogP contribution in [0.2, 0.25) is 0 Å². The topological polar surface area (TPSA) is 55.8 Å². The summed E-state index contributed by atoms with van der Waals surface area (Å²) in [5.74, 6) is -0.635. The molecule has 0 saturated carbocycles. The molecule has 0 saturated heterocycles. The zero-order valence-electron chi connectivity index (χ0n) is 9.29. The van der Waals surface area contributed by atoms with E-state index in [9.17, 15) is 4.79 Å². The van der Waals surface area contributed by atoms with Crippen LogP contribution in [0.25, 0.3) is 10.8 Å². The summed E-state index contributed by atoms with van der Waals surface area (Å²) >= 11 is 0. The van der Waals surface area contributed by atoms with Gasteiger partial charge in [-0.15, -0.1) is 0 Å². The van der Waals surface area contributed by atoms with Gasteiger partial charge in [-0.1, -0.05) is 42.5 Å². The van der Waals surface area contributed by atoms with E-state index in [2.05, 4.69) is 9.62 Å². The van der Waals surface area contributed by atoms with Crippen molar-refractivity contribution in [2.75, 3.05) is 7.11 Å². The van der Waals surface area contributed by atoms with Gasteiger partial charge < -0.3 is 4.74 Å². The lowest BCUT2D eigenvalue weighted by atomic mass is 10.0. The van der Waals surface area contributed by atoms with Crippen molar-refractivity contribution in [1.29, 1.82) is 0 Å². The van der Waals surface area contributed by atoms with E-state index in [4.69, 9.17) is 5.26 Å². The molecule has 0 amide bonds. The Hall–Kier alpha value is -1.91. The first-order valence-electron chi connectivity index (χ1n) is 5.13. The molecule has 1 unspecified atom stereocenters. The second-order valence-electron chi connectivity index (χ2n) is 3.58. The van der Waals surface area contributed by atoms with Crippen LogP contribution >= 0.6 is 0 Å². The lowest BCUT2D eigenvalue weighted by molar-refractivity contribution is -0.280. The van der Waals surface area contributed by atoms with E-state index >= 15 is 0 Å². The predicted octanol–water partition coefficient (Wildman–Crippen LogP) is 2.54. The largest absolute Gasteiger partial charge is 0.467 e. The molecule has 2 aromatic rings.